The molecule has 4 nitrogen and oxygen atoms in total. The Morgan fingerprint density at radius 3 is 2.29 bits per heavy atom. The van der Waals surface area contributed by atoms with E-state index in [0.29, 0.717) is 22.6 Å². The fourth-order valence-electron chi connectivity index (χ4n) is 3.76. The second-order valence-electron chi connectivity index (χ2n) is 7.34. The minimum atomic E-state index is 0.360. The van der Waals surface area contributed by atoms with Gasteiger partial charge in [0.15, 0.2) is 5.65 Å². The molecular weight excluding hydrogens is 284 g/mol. The van der Waals surface area contributed by atoms with Gasteiger partial charge in [0.2, 0.25) is 0 Å². The quantitative estimate of drug-likeness (QED) is 0.801. The number of halogens is 1. The molecule has 0 atom stereocenters. The molecule has 2 aromatic heterocycles. The zero-order valence-electron chi connectivity index (χ0n) is 13.9. The molecule has 5 heteroatoms. The van der Waals surface area contributed by atoms with Crippen LogP contribution in [-0.2, 0) is 19.0 Å². The van der Waals surface area contributed by atoms with Gasteiger partial charge in [-0.15, -0.1) is 11.6 Å². The second kappa shape index (κ2) is 4.48. The number of alkyl halides is 1. The fourth-order valence-corrected chi connectivity index (χ4v) is 3.96. The van der Waals surface area contributed by atoms with Crippen molar-refractivity contribution in [2.45, 2.75) is 60.5 Å². The highest BCUT2D eigenvalue weighted by molar-refractivity contribution is 6.16. The molecule has 1 fully saturated rings. The van der Waals surface area contributed by atoms with Crippen LogP contribution in [0.25, 0.3) is 11.2 Å². The molecule has 2 heterocycles. The number of fused-ring (bicyclic) bond motifs is 1. The van der Waals surface area contributed by atoms with E-state index < -0.39 is 0 Å². The number of aromatic nitrogens is 4. The van der Waals surface area contributed by atoms with Gasteiger partial charge >= 0.3 is 0 Å². The van der Waals surface area contributed by atoms with Crippen LogP contribution in [0.4, 0.5) is 0 Å². The lowest BCUT2D eigenvalue weighted by Gasteiger charge is -2.10. The molecule has 0 unspecified atom stereocenters. The van der Waals surface area contributed by atoms with E-state index in [2.05, 4.69) is 49.0 Å². The van der Waals surface area contributed by atoms with Crippen LogP contribution in [0, 0.1) is 23.7 Å². The van der Waals surface area contributed by atoms with Gasteiger partial charge in [-0.2, -0.15) is 5.10 Å². The molecular formula is C16H25ClN4. The monoisotopic (exact) mass is 308 g/mol. The van der Waals surface area contributed by atoms with Crippen molar-refractivity contribution >= 4 is 22.8 Å². The Bertz CT molecular complexity index is 679. The summed E-state index contributed by atoms with van der Waals surface area (Å²) < 4.78 is 4.35. The summed E-state index contributed by atoms with van der Waals surface area (Å²) in [5, 5.41) is 4.59. The summed E-state index contributed by atoms with van der Waals surface area (Å²) in [5.74, 6) is 2.06. The lowest BCUT2D eigenvalue weighted by Crippen LogP contribution is -2.11. The zero-order valence-corrected chi connectivity index (χ0v) is 14.6. The van der Waals surface area contributed by atoms with Crippen LogP contribution < -0.4 is 0 Å². The Kier molecular flexibility index (Phi) is 3.18. The summed E-state index contributed by atoms with van der Waals surface area (Å²) in [6.45, 7) is 15.4. The maximum absolute atomic E-state index is 6.14. The van der Waals surface area contributed by atoms with E-state index in [1.807, 2.05) is 6.92 Å². The fraction of sp³-hybridized carbons (Fsp3) is 0.750. The second-order valence-corrected chi connectivity index (χ2v) is 7.61. The Labute approximate surface area is 131 Å². The predicted molar refractivity (Wildman–Crippen MR) is 86.5 cm³/mol. The highest BCUT2D eigenvalue weighted by Crippen LogP contribution is 2.69. The molecule has 0 spiro atoms. The first-order valence-electron chi connectivity index (χ1n) is 7.74. The average molecular weight is 309 g/mol. The standard InChI is InChI=1S/C16H25ClN4/c1-7-21-14-13(10(2)19-21)18-12(8-17)20(14)9-11-15(3,4)16(11,5)6/h11H,7-9H2,1-6H3. The lowest BCUT2D eigenvalue weighted by molar-refractivity contribution is 0.457. The Morgan fingerprint density at radius 1 is 1.19 bits per heavy atom. The largest absolute Gasteiger partial charge is 0.312 e. The normalized spacial score (nSPS) is 20.3. The first-order valence-corrected chi connectivity index (χ1v) is 8.27. The van der Waals surface area contributed by atoms with Gasteiger partial charge in [0.25, 0.3) is 0 Å². The van der Waals surface area contributed by atoms with Crippen molar-refractivity contribution in [3.63, 3.8) is 0 Å². The van der Waals surface area contributed by atoms with Crippen LogP contribution in [0.5, 0.6) is 0 Å². The van der Waals surface area contributed by atoms with Gasteiger partial charge in [0, 0.05) is 13.1 Å². The van der Waals surface area contributed by atoms with Gasteiger partial charge in [0.05, 0.1) is 11.6 Å². The van der Waals surface area contributed by atoms with Crippen molar-refractivity contribution in [3.8, 4) is 0 Å². The number of nitrogens with zero attached hydrogens (tertiary/aromatic N) is 4. The zero-order chi connectivity index (χ0) is 15.6. The van der Waals surface area contributed by atoms with Gasteiger partial charge in [-0.05, 0) is 30.6 Å². The highest BCUT2D eigenvalue weighted by Gasteiger charge is 2.64. The summed E-state index contributed by atoms with van der Waals surface area (Å²) in [4.78, 5) is 4.72. The lowest BCUT2D eigenvalue weighted by atomic mass is 10.0. The summed E-state index contributed by atoms with van der Waals surface area (Å²) in [6.07, 6.45) is 0. The van der Waals surface area contributed by atoms with Crippen molar-refractivity contribution in [2.24, 2.45) is 16.7 Å². The number of aryl methyl sites for hydroxylation is 2. The van der Waals surface area contributed by atoms with E-state index in [-0.39, 0.29) is 0 Å². The third kappa shape index (κ3) is 1.88. The Hall–Kier alpha value is -1.03. The molecule has 21 heavy (non-hydrogen) atoms. The van der Waals surface area contributed by atoms with Gasteiger partial charge < -0.3 is 4.57 Å². The molecule has 0 aromatic carbocycles. The van der Waals surface area contributed by atoms with Crippen LogP contribution in [0.3, 0.4) is 0 Å². The van der Waals surface area contributed by atoms with Gasteiger partial charge in [-0.1, -0.05) is 27.7 Å². The third-order valence-electron chi connectivity index (χ3n) is 5.98. The van der Waals surface area contributed by atoms with E-state index >= 15 is 0 Å². The first kappa shape index (κ1) is 14.9. The highest BCUT2D eigenvalue weighted by atomic mass is 35.5. The molecule has 3 rings (SSSR count). The number of rotatable bonds is 4. The topological polar surface area (TPSA) is 35.6 Å². The minimum Gasteiger partial charge on any atom is -0.312 e. The van der Waals surface area contributed by atoms with Crippen LogP contribution >= 0.6 is 11.6 Å². The summed E-state index contributed by atoms with van der Waals surface area (Å²) in [6, 6.07) is 0. The van der Waals surface area contributed by atoms with Crippen LogP contribution in [0.15, 0.2) is 0 Å². The van der Waals surface area contributed by atoms with Crippen molar-refractivity contribution in [3.05, 3.63) is 11.5 Å². The van der Waals surface area contributed by atoms with E-state index in [1.54, 1.807) is 0 Å². The summed E-state index contributed by atoms with van der Waals surface area (Å²) in [5.41, 5.74) is 3.85. The molecule has 0 aliphatic heterocycles. The van der Waals surface area contributed by atoms with Crippen LogP contribution in [-0.4, -0.2) is 19.3 Å². The molecule has 116 valence electrons. The molecule has 0 amide bonds. The molecule has 0 bridgehead atoms. The van der Waals surface area contributed by atoms with Gasteiger partial charge in [0.1, 0.15) is 11.3 Å². The van der Waals surface area contributed by atoms with Crippen molar-refractivity contribution in [1.82, 2.24) is 19.3 Å². The smallest absolute Gasteiger partial charge is 0.158 e. The third-order valence-corrected chi connectivity index (χ3v) is 6.22. The van der Waals surface area contributed by atoms with Crippen molar-refractivity contribution in [1.29, 1.82) is 0 Å². The Balaban J connectivity index is 2.09. The van der Waals surface area contributed by atoms with Crippen LogP contribution in [0.2, 0.25) is 0 Å². The van der Waals surface area contributed by atoms with E-state index in [0.717, 1.165) is 35.8 Å². The first-order chi connectivity index (χ1) is 9.75. The van der Waals surface area contributed by atoms with Crippen LogP contribution in [0.1, 0.15) is 46.1 Å². The minimum absolute atomic E-state index is 0.360. The van der Waals surface area contributed by atoms with Gasteiger partial charge in [-0.25, -0.2) is 9.67 Å². The van der Waals surface area contributed by atoms with Gasteiger partial charge in [-0.3, -0.25) is 0 Å². The average Bonchev–Trinajstić information content (AvgIpc) is 2.80. The van der Waals surface area contributed by atoms with Crippen molar-refractivity contribution in [2.75, 3.05) is 0 Å². The van der Waals surface area contributed by atoms with E-state index in [4.69, 9.17) is 16.6 Å². The molecule has 1 saturated carbocycles. The SMILES string of the molecule is CCn1nc(C)c2nc(CCl)n(CC3C(C)(C)C3(C)C)c21. The Morgan fingerprint density at radius 2 is 1.81 bits per heavy atom. The summed E-state index contributed by atoms with van der Waals surface area (Å²) in [7, 11) is 0. The molecule has 0 radical (unpaired) electrons. The molecule has 1 aliphatic rings. The summed E-state index contributed by atoms with van der Waals surface area (Å²) >= 11 is 6.14. The van der Waals surface area contributed by atoms with E-state index in [1.165, 1.54) is 0 Å². The molecule has 0 saturated heterocycles. The number of imidazole rings is 1. The van der Waals surface area contributed by atoms with E-state index in [9.17, 15) is 0 Å². The molecule has 1 aliphatic carbocycles. The molecule has 0 N–H and O–H groups in total. The van der Waals surface area contributed by atoms with Crippen molar-refractivity contribution < 1.29 is 0 Å². The predicted octanol–water partition coefficient (Wildman–Crippen LogP) is 3.98. The molecule has 2 aromatic rings. The maximum Gasteiger partial charge on any atom is 0.158 e. The maximum atomic E-state index is 6.14. The number of hydrogen-bond donors (Lipinski definition) is 0. The number of hydrogen-bond acceptors (Lipinski definition) is 2.